The largest absolute Gasteiger partial charge is 0.469 e. The average molecular weight is 418 g/mol. The molecule has 0 aliphatic carbocycles. The first-order chi connectivity index (χ1) is 15.0. The average Bonchev–Trinajstić information content (AvgIpc) is 3.35. The second-order valence-corrected chi connectivity index (χ2v) is 7.91. The highest BCUT2D eigenvalue weighted by molar-refractivity contribution is 5.99. The molecule has 1 aliphatic rings. The molecule has 1 amide bonds. The minimum Gasteiger partial charge on any atom is -0.469 e. The van der Waals surface area contributed by atoms with E-state index in [1.54, 1.807) is 4.90 Å². The number of rotatable bonds is 7. The number of ether oxygens (including phenoxy) is 1. The number of aryl methyl sites for hydroxylation is 2. The van der Waals surface area contributed by atoms with E-state index < -0.39 is 0 Å². The molecule has 2 aromatic heterocycles. The number of benzene rings is 1. The Morgan fingerprint density at radius 1 is 1.13 bits per heavy atom. The summed E-state index contributed by atoms with van der Waals surface area (Å²) in [6.45, 7) is 3.33. The fraction of sp³-hybridized carbons (Fsp3) is 0.333. The number of fused-ring (bicyclic) bond motifs is 1. The van der Waals surface area contributed by atoms with Crippen LogP contribution in [0.15, 0.2) is 42.7 Å². The third-order valence-electron chi connectivity index (χ3n) is 5.59. The fourth-order valence-electron chi connectivity index (χ4n) is 3.87. The van der Waals surface area contributed by atoms with Crippen molar-refractivity contribution < 1.29 is 14.3 Å². The molecular weight excluding hydrogens is 392 g/mol. The van der Waals surface area contributed by atoms with Gasteiger partial charge in [0.15, 0.2) is 0 Å². The summed E-state index contributed by atoms with van der Waals surface area (Å²) in [6.07, 6.45) is 5.86. The van der Waals surface area contributed by atoms with Gasteiger partial charge in [-0.3, -0.25) is 19.3 Å². The van der Waals surface area contributed by atoms with Crippen molar-refractivity contribution in [1.82, 2.24) is 19.7 Å². The number of aromatic nitrogens is 3. The Morgan fingerprint density at radius 2 is 1.97 bits per heavy atom. The highest BCUT2D eigenvalue weighted by Gasteiger charge is 2.25. The standard InChI is InChI=1S/C24H26N4O3/c1-16-7-10-20(19-13-25-28(15-19)11-5-4-6-22(29)31-3)23(26-16)17-8-9-18-14-27(2)24(30)21(18)12-17/h7-10,12-13,15H,4-6,11,14H2,1-3H3. The van der Waals surface area contributed by atoms with Crippen LogP contribution in [0.5, 0.6) is 0 Å². The van der Waals surface area contributed by atoms with Crippen LogP contribution in [-0.4, -0.2) is 45.7 Å². The van der Waals surface area contributed by atoms with E-state index in [4.69, 9.17) is 4.98 Å². The molecule has 0 fully saturated rings. The van der Waals surface area contributed by atoms with Gasteiger partial charge in [0.05, 0.1) is 19.0 Å². The van der Waals surface area contributed by atoms with E-state index in [2.05, 4.69) is 15.9 Å². The van der Waals surface area contributed by atoms with Gasteiger partial charge in [-0.15, -0.1) is 0 Å². The number of carbonyl (C=O) groups excluding carboxylic acids is 2. The molecule has 7 nitrogen and oxygen atoms in total. The van der Waals surface area contributed by atoms with Crippen LogP contribution in [0.2, 0.25) is 0 Å². The second-order valence-electron chi connectivity index (χ2n) is 7.91. The van der Waals surface area contributed by atoms with E-state index in [9.17, 15) is 9.59 Å². The molecule has 0 bridgehead atoms. The quantitative estimate of drug-likeness (QED) is 0.430. The topological polar surface area (TPSA) is 77.3 Å². The van der Waals surface area contributed by atoms with Gasteiger partial charge < -0.3 is 9.64 Å². The lowest BCUT2D eigenvalue weighted by Crippen LogP contribution is -2.17. The summed E-state index contributed by atoms with van der Waals surface area (Å²) in [5.74, 6) is -0.138. The Morgan fingerprint density at radius 3 is 2.77 bits per heavy atom. The van der Waals surface area contributed by atoms with Gasteiger partial charge in [-0.05, 0) is 37.5 Å². The molecule has 0 unspecified atom stereocenters. The number of nitrogens with zero attached hydrogens (tertiary/aromatic N) is 4. The Bertz CT molecular complexity index is 1140. The van der Waals surface area contributed by atoms with Crippen LogP contribution in [-0.2, 0) is 22.6 Å². The van der Waals surface area contributed by atoms with Crippen LogP contribution in [0.4, 0.5) is 0 Å². The van der Waals surface area contributed by atoms with Gasteiger partial charge in [-0.2, -0.15) is 5.10 Å². The number of pyridine rings is 1. The molecular formula is C24H26N4O3. The summed E-state index contributed by atoms with van der Waals surface area (Å²) in [7, 11) is 3.22. The lowest BCUT2D eigenvalue weighted by atomic mass is 9.98. The third kappa shape index (κ3) is 4.35. The summed E-state index contributed by atoms with van der Waals surface area (Å²) in [4.78, 5) is 30.2. The molecule has 4 rings (SSSR count). The van der Waals surface area contributed by atoms with Crippen molar-refractivity contribution in [3.63, 3.8) is 0 Å². The minimum atomic E-state index is -0.185. The maximum atomic E-state index is 12.5. The van der Waals surface area contributed by atoms with Gasteiger partial charge in [0.1, 0.15) is 0 Å². The molecule has 0 saturated carbocycles. The molecule has 7 heteroatoms. The molecule has 0 spiro atoms. The van der Waals surface area contributed by atoms with Crippen LogP contribution in [0.3, 0.4) is 0 Å². The van der Waals surface area contributed by atoms with Crippen molar-refractivity contribution in [2.45, 2.75) is 39.3 Å². The van der Waals surface area contributed by atoms with E-state index >= 15 is 0 Å². The molecule has 31 heavy (non-hydrogen) atoms. The molecule has 0 atom stereocenters. The molecule has 3 aromatic rings. The van der Waals surface area contributed by atoms with Crippen LogP contribution >= 0.6 is 0 Å². The van der Waals surface area contributed by atoms with Gasteiger partial charge in [0.25, 0.3) is 5.91 Å². The highest BCUT2D eigenvalue weighted by Crippen LogP contribution is 2.33. The van der Waals surface area contributed by atoms with Gasteiger partial charge in [-0.1, -0.05) is 18.2 Å². The fourth-order valence-corrected chi connectivity index (χ4v) is 3.87. The normalized spacial score (nSPS) is 12.9. The van der Waals surface area contributed by atoms with Crippen molar-refractivity contribution in [2.75, 3.05) is 14.2 Å². The maximum Gasteiger partial charge on any atom is 0.305 e. The first kappa shape index (κ1) is 20.8. The predicted octanol–water partition coefficient (Wildman–Crippen LogP) is 3.85. The van der Waals surface area contributed by atoms with Gasteiger partial charge >= 0.3 is 5.97 Å². The van der Waals surface area contributed by atoms with E-state index in [0.29, 0.717) is 13.0 Å². The Labute approximate surface area is 181 Å². The zero-order valence-corrected chi connectivity index (χ0v) is 18.1. The smallest absolute Gasteiger partial charge is 0.305 e. The lowest BCUT2D eigenvalue weighted by Gasteiger charge is -2.10. The Hall–Kier alpha value is -3.48. The molecule has 1 aliphatic heterocycles. The number of hydrogen-bond donors (Lipinski definition) is 0. The van der Waals surface area contributed by atoms with E-state index in [-0.39, 0.29) is 11.9 Å². The summed E-state index contributed by atoms with van der Waals surface area (Å²) >= 11 is 0. The second kappa shape index (κ2) is 8.71. The number of methoxy groups -OCH3 is 1. The SMILES string of the molecule is COC(=O)CCCCn1cc(-c2ccc(C)nc2-c2ccc3c(c2)C(=O)N(C)C3)cn1. The molecule has 160 valence electrons. The van der Waals surface area contributed by atoms with Crippen LogP contribution in [0.1, 0.15) is 40.9 Å². The number of unbranched alkanes of at least 4 members (excludes halogenated alkanes) is 1. The van der Waals surface area contributed by atoms with Gasteiger partial charge in [-0.25, -0.2) is 0 Å². The summed E-state index contributed by atoms with van der Waals surface area (Å²) in [5, 5.41) is 4.48. The molecule has 0 saturated heterocycles. The minimum absolute atomic E-state index is 0.0471. The van der Waals surface area contributed by atoms with E-state index in [1.165, 1.54) is 7.11 Å². The molecule has 1 aromatic carbocycles. The zero-order chi connectivity index (χ0) is 22.0. The van der Waals surface area contributed by atoms with Crippen molar-refractivity contribution in [2.24, 2.45) is 0 Å². The molecule has 3 heterocycles. The number of esters is 1. The lowest BCUT2D eigenvalue weighted by molar-refractivity contribution is -0.140. The third-order valence-corrected chi connectivity index (χ3v) is 5.59. The van der Waals surface area contributed by atoms with Crippen LogP contribution in [0, 0.1) is 6.92 Å². The Kier molecular flexibility index (Phi) is 5.84. The first-order valence-corrected chi connectivity index (χ1v) is 10.4. The summed E-state index contributed by atoms with van der Waals surface area (Å²) < 4.78 is 6.56. The molecule has 0 N–H and O–H groups in total. The number of carbonyl (C=O) groups is 2. The van der Waals surface area contributed by atoms with Gasteiger partial charge in [0.2, 0.25) is 0 Å². The maximum absolute atomic E-state index is 12.5. The van der Waals surface area contributed by atoms with Crippen molar-refractivity contribution in [3.05, 3.63) is 59.5 Å². The number of hydrogen-bond acceptors (Lipinski definition) is 5. The Balaban J connectivity index is 1.58. The van der Waals surface area contributed by atoms with Gasteiger partial charge in [0, 0.05) is 60.7 Å². The zero-order valence-electron chi connectivity index (χ0n) is 18.1. The monoisotopic (exact) mass is 418 g/mol. The molecule has 0 radical (unpaired) electrons. The van der Waals surface area contributed by atoms with Crippen molar-refractivity contribution >= 4 is 11.9 Å². The van der Waals surface area contributed by atoms with Crippen LogP contribution in [0.25, 0.3) is 22.4 Å². The first-order valence-electron chi connectivity index (χ1n) is 10.4. The summed E-state index contributed by atoms with van der Waals surface area (Å²) in [5.41, 5.74) is 6.42. The summed E-state index contributed by atoms with van der Waals surface area (Å²) in [6, 6.07) is 10.0. The van der Waals surface area contributed by atoms with Crippen LogP contribution < -0.4 is 0 Å². The van der Waals surface area contributed by atoms with E-state index in [0.717, 1.165) is 58.6 Å². The van der Waals surface area contributed by atoms with Crippen molar-refractivity contribution in [1.29, 1.82) is 0 Å². The van der Waals surface area contributed by atoms with E-state index in [1.807, 2.05) is 55.3 Å². The van der Waals surface area contributed by atoms with Crippen molar-refractivity contribution in [3.8, 4) is 22.4 Å². The highest BCUT2D eigenvalue weighted by atomic mass is 16.5. The predicted molar refractivity (Wildman–Crippen MR) is 117 cm³/mol. The number of amides is 1.